The average Bonchev–Trinajstić information content (AvgIpc) is 2.67. The summed E-state index contributed by atoms with van der Waals surface area (Å²) in [5, 5.41) is 11.5. The van der Waals surface area contributed by atoms with Crippen molar-refractivity contribution in [3.8, 4) is 0 Å². The van der Waals surface area contributed by atoms with Gasteiger partial charge in [-0.1, -0.05) is 18.2 Å². The zero-order chi connectivity index (χ0) is 19.1. The number of nitrogens with two attached hydrogens (primary N) is 1. The Morgan fingerprint density at radius 3 is 2.48 bits per heavy atom. The van der Waals surface area contributed by atoms with Gasteiger partial charge in [-0.15, -0.1) is 0 Å². The minimum Gasteiger partial charge on any atom is -0.370 e. The second-order valence-electron chi connectivity index (χ2n) is 5.85. The average molecular weight is 384 g/mol. The normalized spacial score (nSPS) is 11.1. The third-order valence-corrected chi connectivity index (χ3v) is 4.73. The molecular formula is C18H20N6O2S. The summed E-state index contributed by atoms with van der Waals surface area (Å²) >= 11 is 0. The maximum Gasteiger partial charge on any atom is 0.238 e. The zero-order valence-electron chi connectivity index (χ0n) is 14.5. The van der Waals surface area contributed by atoms with E-state index in [-0.39, 0.29) is 4.90 Å². The van der Waals surface area contributed by atoms with Crippen molar-refractivity contribution in [2.75, 3.05) is 17.2 Å². The molecule has 0 saturated carbocycles. The van der Waals surface area contributed by atoms with E-state index in [0.717, 1.165) is 11.1 Å². The van der Waals surface area contributed by atoms with E-state index >= 15 is 0 Å². The number of hydrogen-bond acceptors (Lipinski definition) is 7. The topological polar surface area (TPSA) is 123 Å². The van der Waals surface area contributed by atoms with Gasteiger partial charge in [0.15, 0.2) is 0 Å². The van der Waals surface area contributed by atoms with E-state index in [1.807, 2.05) is 12.1 Å². The monoisotopic (exact) mass is 384 g/mol. The fourth-order valence-electron chi connectivity index (χ4n) is 2.41. The van der Waals surface area contributed by atoms with Crippen molar-refractivity contribution in [3.63, 3.8) is 0 Å². The lowest BCUT2D eigenvalue weighted by atomic mass is 10.1. The summed E-state index contributed by atoms with van der Waals surface area (Å²) < 4.78 is 22.5. The van der Waals surface area contributed by atoms with Gasteiger partial charge >= 0.3 is 0 Å². The Kier molecular flexibility index (Phi) is 5.94. The second-order valence-corrected chi connectivity index (χ2v) is 7.41. The number of sulfonamides is 1. The van der Waals surface area contributed by atoms with E-state index in [2.05, 4.69) is 25.6 Å². The van der Waals surface area contributed by atoms with Crippen LogP contribution in [-0.4, -0.2) is 29.9 Å². The van der Waals surface area contributed by atoms with Crippen LogP contribution in [0.25, 0.3) is 0 Å². The largest absolute Gasteiger partial charge is 0.370 e. The van der Waals surface area contributed by atoms with Crippen molar-refractivity contribution in [1.82, 2.24) is 15.0 Å². The molecule has 3 rings (SSSR count). The molecule has 0 amide bonds. The fraction of sp³-hybridized carbons (Fsp3) is 0.167. The predicted molar refractivity (Wildman–Crippen MR) is 104 cm³/mol. The number of anilines is 2. The molecule has 0 aliphatic rings. The van der Waals surface area contributed by atoms with Crippen LogP contribution in [0.5, 0.6) is 0 Å². The van der Waals surface area contributed by atoms with Gasteiger partial charge in [0, 0.05) is 31.7 Å². The minimum atomic E-state index is -3.66. The second kappa shape index (κ2) is 8.56. The Balaban J connectivity index is 1.51. The maximum atomic E-state index is 11.3. The van der Waals surface area contributed by atoms with Crippen LogP contribution in [0.1, 0.15) is 11.1 Å². The Bertz CT molecular complexity index is 978. The van der Waals surface area contributed by atoms with E-state index in [1.54, 1.807) is 36.8 Å². The summed E-state index contributed by atoms with van der Waals surface area (Å²) in [6.45, 7) is 1.24. The number of benzene rings is 1. The molecule has 2 heterocycles. The van der Waals surface area contributed by atoms with Gasteiger partial charge in [-0.3, -0.25) is 4.98 Å². The van der Waals surface area contributed by atoms with Crippen molar-refractivity contribution < 1.29 is 8.42 Å². The van der Waals surface area contributed by atoms with Crippen molar-refractivity contribution in [3.05, 3.63) is 72.2 Å². The van der Waals surface area contributed by atoms with Crippen LogP contribution in [0.2, 0.25) is 0 Å². The molecule has 1 aromatic carbocycles. The molecule has 0 fully saturated rings. The highest BCUT2D eigenvalue weighted by Crippen LogP contribution is 2.11. The van der Waals surface area contributed by atoms with Gasteiger partial charge in [-0.2, -0.15) is 4.98 Å². The highest BCUT2D eigenvalue weighted by molar-refractivity contribution is 7.89. The maximum absolute atomic E-state index is 11.3. The van der Waals surface area contributed by atoms with E-state index in [0.29, 0.717) is 31.3 Å². The van der Waals surface area contributed by atoms with E-state index < -0.39 is 10.0 Å². The molecule has 0 aliphatic heterocycles. The van der Waals surface area contributed by atoms with Gasteiger partial charge in [-0.25, -0.2) is 18.5 Å². The molecule has 0 radical (unpaired) electrons. The number of aromatic nitrogens is 3. The summed E-state index contributed by atoms with van der Waals surface area (Å²) in [4.78, 5) is 12.8. The molecule has 0 saturated heterocycles. The van der Waals surface area contributed by atoms with Crippen molar-refractivity contribution >= 4 is 21.8 Å². The van der Waals surface area contributed by atoms with Gasteiger partial charge in [0.25, 0.3) is 0 Å². The standard InChI is InChI=1S/C18H20N6O2S/c19-27(25,26)16-5-3-14(4-6-16)7-10-21-17-8-11-22-18(24-17)23-13-15-2-1-9-20-12-15/h1-6,8-9,11-12H,7,10,13H2,(H2,19,25,26)(H2,21,22,23,24). The number of nitrogens with one attached hydrogen (secondary N) is 2. The number of primary sulfonamides is 1. The third kappa shape index (κ3) is 5.73. The van der Waals surface area contributed by atoms with Gasteiger partial charge in [-0.05, 0) is 41.8 Å². The summed E-state index contributed by atoms with van der Waals surface area (Å²) in [6, 6.07) is 12.2. The lowest BCUT2D eigenvalue weighted by Crippen LogP contribution is -2.12. The molecule has 8 nitrogen and oxygen atoms in total. The van der Waals surface area contributed by atoms with Gasteiger partial charge in [0.2, 0.25) is 16.0 Å². The van der Waals surface area contributed by atoms with Crippen LogP contribution in [0.3, 0.4) is 0 Å². The Hall–Kier alpha value is -3.04. The number of rotatable bonds is 8. The Labute approximate surface area is 157 Å². The van der Waals surface area contributed by atoms with Crippen LogP contribution < -0.4 is 15.8 Å². The molecule has 9 heteroatoms. The number of nitrogens with zero attached hydrogens (tertiary/aromatic N) is 3. The predicted octanol–water partition coefficient (Wildman–Crippen LogP) is 1.79. The molecule has 27 heavy (non-hydrogen) atoms. The van der Waals surface area contributed by atoms with Crippen molar-refractivity contribution in [1.29, 1.82) is 0 Å². The van der Waals surface area contributed by atoms with E-state index in [9.17, 15) is 8.42 Å². The van der Waals surface area contributed by atoms with Crippen LogP contribution in [0, 0.1) is 0 Å². The van der Waals surface area contributed by atoms with Crippen molar-refractivity contribution in [2.45, 2.75) is 17.9 Å². The lowest BCUT2D eigenvalue weighted by Gasteiger charge is -2.09. The van der Waals surface area contributed by atoms with Gasteiger partial charge in [0.05, 0.1) is 4.90 Å². The fourth-order valence-corrected chi connectivity index (χ4v) is 2.92. The molecule has 140 valence electrons. The van der Waals surface area contributed by atoms with Gasteiger partial charge in [0.1, 0.15) is 5.82 Å². The summed E-state index contributed by atoms with van der Waals surface area (Å²) in [5.74, 6) is 1.24. The van der Waals surface area contributed by atoms with Crippen LogP contribution in [0.4, 0.5) is 11.8 Å². The first-order chi connectivity index (χ1) is 13.0. The van der Waals surface area contributed by atoms with Crippen LogP contribution in [-0.2, 0) is 23.0 Å². The molecular weight excluding hydrogens is 364 g/mol. The molecule has 3 aromatic rings. The Morgan fingerprint density at radius 2 is 1.78 bits per heavy atom. The molecule has 0 bridgehead atoms. The smallest absolute Gasteiger partial charge is 0.238 e. The lowest BCUT2D eigenvalue weighted by molar-refractivity contribution is 0.598. The SMILES string of the molecule is NS(=O)(=O)c1ccc(CCNc2ccnc(NCc3cccnc3)n2)cc1. The minimum absolute atomic E-state index is 0.111. The molecule has 4 N–H and O–H groups in total. The first kappa shape index (κ1) is 18.7. The molecule has 2 aromatic heterocycles. The number of hydrogen-bond donors (Lipinski definition) is 3. The molecule has 0 atom stereocenters. The third-order valence-electron chi connectivity index (χ3n) is 3.80. The van der Waals surface area contributed by atoms with Crippen LogP contribution in [0.15, 0.2) is 66.0 Å². The molecule has 0 unspecified atom stereocenters. The highest BCUT2D eigenvalue weighted by atomic mass is 32.2. The zero-order valence-corrected chi connectivity index (χ0v) is 15.4. The molecule has 0 spiro atoms. The summed E-state index contributed by atoms with van der Waals surface area (Å²) in [5.41, 5.74) is 2.04. The summed E-state index contributed by atoms with van der Waals surface area (Å²) in [6.07, 6.45) is 5.92. The first-order valence-electron chi connectivity index (χ1n) is 8.32. The summed E-state index contributed by atoms with van der Waals surface area (Å²) in [7, 11) is -3.66. The highest BCUT2D eigenvalue weighted by Gasteiger charge is 2.06. The van der Waals surface area contributed by atoms with E-state index in [1.165, 1.54) is 12.1 Å². The van der Waals surface area contributed by atoms with Crippen molar-refractivity contribution in [2.24, 2.45) is 5.14 Å². The Morgan fingerprint density at radius 1 is 0.963 bits per heavy atom. The van der Waals surface area contributed by atoms with Gasteiger partial charge < -0.3 is 10.6 Å². The first-order valence-corrected chi connectivity index (χ1v) is 9.87. The van der Waals surface area contributed by atoms with Crippen LogP contribution >= 0.6 is 0 Å². The molecule has 0 aliphatic carbocycles. The number of pyridine rings is 1. The van der Waals surface area contributed by atoms with E-state index in [4.69, 9.17) is 5.14 Å². The quantitative estimate of drug-likeness (QED) is 0.541.